The summed E-state index contributed by atoms with van der Waals surface area (Å²) >= 11 is 0. The maximum atomic E-state index is 14.6. The number of halogens is 4. The second-order valence-electron chi connectivity index (χ2n) is 6.61. The minimum atomic E-state index is -5.08. The first-order chi connectivity index (χ1) is 12.5. The van der Waals surface area contributed by atoms with Crippen LogP contribution in [0.1, 0.15) is 39.5 Å². The number of carbonyl (C=O) groups excluding carboxylic acids is 2. The lowest BCUT2D eigenvalue weighted by Crippen LogP contribution is -2.53. The average Bonchev–Trinajstić information content (AvgIpc) is 2.56. The molecule has 0 fully saturated rings. The molecule has 146 valence electrons. The number of hydrogen-bond donors (Lipinski definition) is 1. The van der Waals surface area contributed by atoms with Crippen molar-refractivity contribution in [1.82, 2.24) is 5.32 Å². The molecule has 0 aromatic carbocycles. The topological polar surface area (TPSA) is 79.2 Å². The van der Waals surface area contributed by atoms with E-state index in [9.17, 15) is 27.2 Å². The van der Waals surface area contributed by atoms with Crippen molar-refractivity contribution in [1.29, 1.82) is 5.26 Å². The Morgan fingerprint density at radius 3 is 2.41 bits per heavy atom. The van der Waals surface area contributed by atoms with Crippen LogP contribution in [0.25, 0.3) is 0 Å². The average molecular weight is 386 g/mol. The van der Waals surface area contributed by atoms with Crippen molar-refractivity contribution < 1.29 is 31.9 Å². The molecule has 0 saturated heterocycles. The Bertz CT molecular complexity index is 789. The summed E-state index contributed by atoms with van der Waals surface area (Å²) in [5.74, 6) is -1.87. The molecule has 2 atom stereocenters. The van der Waals surface area contributed by atoms with Crippen LogP contribution >= 0.6 is 0 Å². The van der Waals surface area contributed by atoms with Gasteiger partial charge in [-0.25, -0.2) is 4.39 Å². The number of nitrogens with one attached hydrogen (secondary N) is 1. The first kappa shape index (κ1) is 20.7. The van der Waals surface area contributed by atoms with Crippen molar-refractivity contribution >= 4 is 11.7 Å². The van der Waals surface area contributed by atoms with Gasteiger partial charge in [-0.1, -0.05) is 0 Å². The summed E-state index contributed by atoms with van der Waals surface area (Å²) in [6.07, 6.45) is -3.47. The van der Waals surface area contributed by atoms with E-state index in [1.165, 1.54) is 19.9 Å². The molecular weight excluding hydrogens is 368 g/mol. The second kappa shape index (κ2) is 7.55. The van der Waals surface area contributed by atoms with Gasteiger partial charge in [-0.3, -0.25) is 9.59 Å². The SMILES string of the molecule is CC(=O)C1=C(C(=O)NC2(C)C=C(OC(F)(F)F)C(C#N)=CC2F)CCCC1. The normalized spacial score (nSPS) is 25.9. The van der Waals surface area contributed by atoms with Crippen LogP contribution in [0.3, 0.4) is 0 Å². The number of rotatable bonds is 4. The molecular formula is C18H18F4N2O3. The Hall–Kier alpha value is -2.63. The largest absolute Gasteiger partial charge is 0.573 e. The highest BCUT2D eigenvalue weighted by molar-refractivity contribution is 6.05. The van der Waals surface area contributed by atoms with Gasteiger partial charge < -0.3 is 10.1 Å². The lowest BCUT2D eigenvalue weighted by Gasteiger charge is -2.34. The number of nitrogens with zero attached hydrogens (tertiary/aromatic N) is 1. The fourth-order valence-corrected chi connectivity index (χ4v) is 3.10. The maximum Gasteiger partial charge on any atom is 0.573 e. The van der Waals surface area contributed by atoms with E-state index >= 15 is 0 Å². The third-order valence-corrected chi connectivity index (χ3v) is 4.48. The lowest BCUT2D eigenvalue weighted by atomic mass is 9.85. The van der Waals surface area contributed by atoms with Crippen LogP contribution in [0.4, 0.5) is 17.6 Å². The van der Waals surface area contributed by atoms with Crippen molar-refractivity contribution in [3.63, 3.8) is 0 Å². The molecule has 0 saturated carbocycles. The number of ketones is 1. The van der Waals surface area contributed by atoms with Crippen molar-refractivity contribution in [3.8, 4) is 6.07 Å². The fraction of sp³-hybridized carbons (Fsp3) is 0.500. The van der Waals surface area contributed by atoms with Gasteiger partial charge in [-0.2, -0.15) is 5.26 Å². The Morgan fingerprint density at radius 2 is 1.89 bits per heavy atom. The summed E-state index contributed by atoms with van der Waals surface area (Å²) in [7, 11) is 0. The Balaban J connectivity index is 2.35. The van der Waals surface area contributed by atoms with Crippen LogP contribution in [-0.2, 0) is 14.3 Å². The first-order valence-corrected chi connectivity index (χ1v) is 8.27. The molecule has 0 aliphatic heterocycles. The summed E-state index contributed by atoms with van der Waals surface area (Å²) in [5, 5.41) is 11.3. The van der Waals surface area contributed by atoms with E-state index in [2.05, 4.69) is 10.1 Å². The highest BCUT2D eigenvalue weighted by Gasteiger charge is 2.42. The minimum absolute atomic E-state index is 0.212. The molecule has 1 N–H and O–H groups in total. The molecule has 0 bridgehead atoms. The highest BCUT2D eigenvalue weighted by atomic mass is 19.4. The van der Waals surface area contributed by atoms with Gasteiger partial charge >= 0.3 is 6.36 Å². The standard InChI is InChI=1S/C18H18F4N2O3/c1-10(25)12-5-3-4-6-13(12)16(26)24-17(2)8-14(27-18(20,21)22)11(9-23)7-15(17)19/h7-8,15H,3-6H2,1-2H3,(H,24,26). The first-order valence-electron chi connectivity index (χ1n) is 8.27. The summed E-state index contributed by atoms with van der Waals surface area (Å²) in [4.78, 5) is 24.3. The summed E-state index contributed by atoms with van der Waals surface area (Å²) in [6.45, 7) is 2.50. The quantitative estimate of drug-likeness (QED) is 0.750. The molecule has 0 aromatic rings. The summed E-state index contributed by atoms with van der Waals surface area (Å²) < 4.78 is 56.1. The van der Waals surface area contributed by atoms with E-state index in [-0.39, 0.29) is 11.4 Å². The van der Waals surface area contributed by atoms with Crippen molar-refractivity contribution in [3.05, 3.63) is 34.6 Å². The zero-order chi connectivity index (χ0) is 20.4. The molecule has 1 amide bonds. The van der Waals surface area contributed by atoms with Gasteiger partial charge in [0.1, 0.15) is 18.0 Å². The maximum absolute atomic E-state index is 14.6. The van der Waals surface area contributed by atoms with Crippen LogP contribution in [-0.4, -0.2) is 29.8 Å². The molecule has 0 spiro atoms. The molecule has 5 nitrogen and oxygen atoms in total. The number of hydrogen-bond acceptors (Lipinski definition) is 4. The van der Waals surface area contributed by atoms with E-state index in [4.69, 9.17) is 5.26 Å². The predicted octanol–water partition coefficient (Wildman–Crippen LogP) is 3.54. The Morgan fingerprint density at radius 1 is 1.30 bits per heavy atom. The second-order valence-corrected chi connectivity index (χ2v) is 6.61. The van der Waals surface area contributed by atoms with Crippen molar-refractivity contribution in [2.75, 3.05) is 0 Å². The fourth-order valence-electron chi connectivity index (χ4n) is 3.10. The number of nitriles is 1. The van der Waals surface area contributed by atoms with Gasteiger partial charge in [0.15, 0.2) is 5.78 Å². The monoisotopic (exact) mass is 386 g/mol. The molecule has 27 heavy (non-hydrogen) atoms. The van der Waals surface area contributed by atoms with E-state index in [0.29, 0.717) is 30.9 Å². The van der Waals surface area contributed by atoms with Gasteiger partial charge in [0.05, 0.1) is 11.1 Å². The van der Waals surface area contributed by atoms with Gasteiger partial charge in [-0.15, -0.1) is 13.2 Å². The smallest absolute Gasteiger partial charge is 0.405 e. The Labute approximate surface area is 153 Å². The zero-order valence-corrected chi connectivity index (χ0v) is 14.7. The summed E-state index contributed by atoms with van der Waals surface area (Å²) in [5.41, 5.74) is -1.93. The third kappa shape index (κ3) is 4.76. The third-order valence-electron chi connectivity index (χ3n) is 4.48. The van der Waals surface area contributed by atoms with E-state index < -0.39 is 35.3 Å². The van der Waals surface area contributed by atoms with Crippen molar-refractivity contribution in [2.24, 2.45) is 0 Å². The van der Waals surface area contributed by atoms with E-state index in [1.807, 2.05) is 0 Å². The highest BCUT2D eigenvalue weighted by Crippen LogP contribution is 2.34. The number of carbonyl (C=O) groups is 2. The molecule has 2 aliphatic rings. The van der Waals surface area contributed by atoms with Gasteiger partial charge in [0.25, 0.3) is 0 Å². The van der Waals surface area contributed by atoms with Gasteiger partial charge in [0, 0.05) is 11.1 Å². The van der Waals surface area contributed by atoms with Crippen LogP contribution in [0.15, 0.2) is 34.6 Å². The minimum Gasteiger partial charge on any atom is -0.405 e. The molecule has 2 aliphatic carbocycles. The van der Waals surface area contributed by atoms with Crippen LogP contribution in [0, 0.1) is 11.3 Å². The predicted molar refractivity (Wildman–Crippen MR) is 86.5 cm³/mol. The molecule has 0 heterocycles. The molecule has 2 rings (SSSR count). The number of ether oxygens (including phenoxy) is 1. The molecule has 2 unspecified atom stereocenters. The van der Waals surface area contributed by atoms with Crippen LogP contribution in [0.2, 0.25) is 0 Å². The van der Waals surface area contributed by atoms with Crippen LogP contribution in [0.5, 0.6) is 0 Å². The number of alkyl halides is 4. The van der Waals surface area contributed by atoms with Crippen molar-refractivity contribution in [2.45, 2.75) is 57.6 Å². The number of Topliss-reactive ketones (excluding diaryl/α,β-unsaturated/α-hetero) is 1. The summed E-state index contributed by atoms with van der Waals surface area (Å²) in [6, 6.07) is 1.44. The van der Waals surface area contributed by atoms with E-state index in [0.717, 1.165) is 12.5 Å². The number of amides is 1. The lowest BCUT2D eigenvalue weighted by molar-refractivity contribution is -0.304. The van der Waals surface area contributed by atoms with Gasteiger partial charge in [-0.05, 0) is 51.7 Å². The molecule has 0 aromatic heterocycles. The zero-order valence-electron chi connectivity index (χ0n) is 14.7. The number of allylic oxidation sites excluding steroid dienone is 2. The van der Waals surface area contributed by atoms with Crippen LogP contribution < -0.4 is 5.32 Å². The molecule has 0 radical (unpaired) electrons. The van der Waals surface area contributed by atoms with E-state index in [1.54, 1.807) is 0 Å². The van der Waals surface area contributed by atoms with Gasteiger partial charge in [0.2, 0.25) is 5.91 Å². The Kier molecular flexibility index (Phi) is 5.78. The molecule has 9 heteroatoms.